The number of likely N-dealkylation sites (tertiary alicyclic amines) is 1. The third-order valence-corrected chi connectivity index (χ3v) is 7.08. The first kappa shape index (κ1) is 18.7. The fraction of sp³-hybridized carbons (Fsp3) is 0.773. The minimum absolute atomic E-state index is 0.243. The number of carbonyl (C=O) groups excluding carboxylic acids is 1. The van der Waals surface area contributed by atoms with Crippen LogP contribution < -0.4 is 4.90 Å². The van der Waals surface area contributed by atoms with Gasteiger partial charge in [-0.15, -0.1) is 0 Å². The van der Waals surface area contributed by atoms with Gasteiger partial charge in [-0.05, 0) is 52.4 Å². The number of hydrogen-bond donors (Lipinski definition) is 0. The van der Waals surface area contributed by atoms with E-state index in [4.69, 9.17) is 4.98 Å². The molecule has 0 aromatic carbocycles. The molecule has 3 heterocycles. The summed E-state index contributed by atoms with van der Waals surface area (Å²) in [7, 11) is 0. The summed E-state index contributed by atoms with van der Waals surface area (Å²) in [6, 6.07) is 0.500. The molecule has 27 heavy (non-hydrogen) atoms. The van der Waals surface area contributed by atoms with Crippen LogP contribution in [0, 0.1) is 19.3 Å². The molecule has 4 rings (SSSR count). The lowest BCUT2D eigenvalue weighted by molar-refractivity contribution is -0.140. The van der Waals surface area contributed by atoms with Crippen molar-refractivity contribution in [1.82, 2.24) is 14.9 Å². The van der Waals surface area contributed by atoms with Gasteiger partial charge in [-0.2, -0.15) is 0 Å². The van der Waals surface area contributed by atoms with Gasteiger partial charge in [-0.1, -0.05) is 19.8 Å². The largest absolute Gasteiger partial charge is 0.356 e. The predicted molar refractivity (Wildman–Crippen MR) is 108 cm³/mol. The third kappa shape index (κ3) is 3.57. The molecule has 2 saturated heterocycles. The number of rotatable bonds is 3. The Bertz CT molecular complexity index is 713. The van der Waals surface area contributed by atoms with Gasteiger partial charge in [0.1, 0.15) is 11.6 Å². The lowest BCUT2D eigenvalue weighted by Gasteiger charge is -2.50. The molecule has 0 unspecified atom stereocenters. The monoisotopic (exact) mass is 370 g/mol. The molecule has 1 saturated carbocycles. The normalized spacial score (nSPS) is 27.0. The Labute approximate surface area is 163 Å². The van der Waals surface area contributed by atoms with E-state index in [-0.39, 0.29) is 5.41 Å². The fourth-order valence-electron chi connectivity index (χ4n) is 5.71. The molecule has 1 atom stereocenters. The summed E-state index contributed by atoms with van der Waals surface area (Å²) in [4.78, 5) is 26.8. The lowest BCUT2D eigenvalue weighted by Crippen LogP contribution is -2.56. The van der Waals surface area contributed by atoms with E-state index < -0.39 is 0 Å². The minimum atomic E-state index is 0.243. The minimum Gasteiger partial charge on any atom is -0.356 e. The molecule has 5 nitrogen and oxygen atoms in total. The van der Waals surface area contributed by atoms with E-state index in [0.29, 0.717) is 11.9 Å². The highest BCUT2D eigenvalue weighted by Crippen LogP contribution is 2.42. The van der Waals surface area contributed by atoms with Crippen molar-refractivity contribution in [2.24, 2.45) is 5.41 Å². The molecule has 0 N–H and O–H groups in total. The van der Waals surface area contributed by atoms with Crippen LogP contribution in [-0.4, -0.2) is 46.5 Å². The van der Waals surface area contributed by atoms with Crippen LogP contribution in [0.2, 0.25) is 0 Å². The summed E-state index contributed by atoms with van der Waals surface area (Å²) in [6.07, 6.45) is 10.1. The highest BCUT2D eigenvalue weighted by molar-refractivity contribution is 5.77. The smallest absolute Gasteiger partial charge is 0.222 e. The van der Waals surface area contributed by atoms with Gasteiger partial charge in [0.25, 0.3) is 0 Å². The number of nitrogens with zero attached hydrogens (tertiary/aromatic N) is 4. The predicted octanol–water partition coefficient (Wildman–Crippen LogP) is 3.81. The quantitative estimate of drug-likeness (QED) is 0.812. The molecular formula is C22H34N4O. The van der Waals surface area contributed by atoms with E-state index in [2.05, 4.69) is 28.6 Å². The second kappa shape index (κ2) is 7.40. The second-order valence-electron chi connectivity index (χ2n) is 9.00. The van der Waals surface area contributed by atoms with Crippen LogP contribution in [-0.2, 0) is 11.2 Å². The van der Waals surface area contributed by atoms with Gasteiger partial charge in [-0.3, -0.25) is 4.79 Å². The van der Waals surface area contributed by atoms with Crippen LogP contribution in [0.25, 0.3) is 0 Å². The Morgan fingerprint density at radius 3 is 2.59 bits per heavy atom. The standard InChI is InChI=1S/C22H34N4O/c1-4-19-16(2)23-17(3)24-21(19)25-13-7-11-22(14-25)12-10-20(27)26(15-22)18-8-5-6-9-18/h18H,4-15H2,1-3H3/t22-/m0/s1. The van der Waals surface area contributed by atoms with Crippen molar-refractivity contribution in [2.75, 3.05) is 24.5 Å². The Kier molecular flexibility index (Phi) is 5.13. The number of carbonyl (C=O) groups is 1. The van der Waals surface area contributed by atoms with Crippen LogP contribution in [0.1, 0.15) is 75.4 Å². The zero-order valence-corrected chi connectivity index (χ0v) is 17.3. The number of hydrogen-bond acceptors (Lipinski definition) is 4. The zero-order valence-electron chi connectivity index (χ0n) is 17.3. The van der Waals surface area contributed by atoms with Crippen molar-refractivity contribution in [3.05, 3.63) is 17.1 Å². The van der Waals surface area contributed by atoms with E-state index in [0.717, 1.165) is 56.2 Å². The molecule has 3 fully saturated rings. The summed E-state index contributed by atoms with van der Waals surface area (Å²) < 4.78 is 0. The first-order valence-electron chi connectivity index (χ1n) is 10.9. The molecule has 1 aromatic rings. The molecule has 2 aliphatic heterocycles. The van der Waals surface area contributed by atoms with Crippen LogP contribution in [0.3, 0.4) is 0 Å². The Morgan fingerprint density at radius 1 is 1.07 bits per heavy atom. The maximum atomic E-state index is 12.6. The number of anilines is 1. The van der Waals surface area contributed by atoms with Crippen LogP contribution in [0.4, 0.5) is 5.82 Å². The van der Waals surface area contributed by atoms with Gasteiger partial charge in [0.15, 0.2) is 0 Å². The van der Waals surface area contributed by atoms with Crippen molar-refractivity contribution in [3.8, 4) is 0 Å². The Morgan fingerprint density at radius 2 is 1.85 bits per heavy atom. The number of aryl methyl sites for hydroxylation is 2. The summed E-state index contributed by atoms with van der Waals surface area (Å²) in [5, 5.41) is 0. The molecular weight excluding hydrogens is 336 g/mol. The van der Waals surface area contributed by atoms with Crippen molar-refractivity contribution >= 4 is 11.7 Å². The van der Waals surface area contributed by atoms with Crippen LogP contribution >= 0.6 is 0 Å². The highest BCUT2D eigenvalue weighted by Gasteiger charge is 2.44. The highest BCUT2D eigenvalue weighted by atomic mass is 16.2. The van der Waals surface area contributed by atoms with Crippen LogP contribution in [0.15, 0.2) is 0 Å². The molecule has 3 aliphatic rings. The van der Waals surface area contributed by atoms with E-state index >= 15 is 0 Å². The van der Waals surface area contributed by atoms with Gasteiger partial charge in [0.2, 0.25) is 5.91 Å². The number of piperidine rings is 2. The topological polar surface area (TPSA) is 49.3 Å². The SMILES string of the molecule is CCc1c(C)nc(C)nc1N1CCC[C@]2(CCC(=O)N(C3CCCC3)C2)C1. The van der Waals surface area contributed by atoms with Crippen molar-refractivity contribution in [1.29, 1.82) is 0 Å². The molecule has 0 bridgehead atoms. The summed E-state index contributed by atoms with van der Waals surface area (Å²) in [5.74, 6) is 2.41. The zero-order chi connectivity index (χ0) is 19.0. The van der Waals surface area contributed by atoms with E-state index in [1.165, 1.54) is 44.1 Å². The van der Waals surface area contributed by atoms with Crippen molar-refractivity contribution < 1.29 is 4.79 Å². The average Bonchev–Trinajstić information content (AvgIpc) is 3.18. The molecule has 1 aliphatic carbocycles. The third-order valence-electron chi connectivity index (χ3n) is 7.08. The molecule has 1 amide bonds. The first-order valence-corrected chi connectivity index (χ1v) is 10.9. The number of aromatic nitrogens is 2. The van der Waals surface area contributed by atoms with Crippen molar-refractivity contribution in [2.45, 2.75) is 84.6 Å². The van der Waals surface area contributed by atoms with E-state index in [9.17, 15) is 4.79 Å². The first-order chi connectivity index (χ1) is 13.0. The van der Waals surface area contributed by atoms with Crippen LogP contribution in [0.5, 0.6) is 0 Å². The molecule has 0 radical (unpaired) electrons. The fourth-order valence-corrected chi connectivity index (χ4v) is 5.71. The maximum absolute atomic E-state index is 12.6. The van der Waals surface area contributed by atoms with Gasteiger partial charge >= 0.3 is 0 Å². The molecule has 5 heteroatoms. The molecule has 1 spiro atoms. The van der Waals surface area contributed by atoms with Gasteiger partial charge in [0, 0.05) is 48.8 Å². The Hall–Kier alpha value is -1.65. The lowest BCUT2D eigenvalue weighted by atomic mass is 9.73. The van der Waals surface area contributed by atoms with Gasteiger partial charge in [0.05, 0.1) is 0 Å². The molecule has 148 valence electrons. The van der Waals surface area contributed by atoms with Crippen molar-refractivity contribution in [3.63, 3.8) is 0 Å². The van der Waals surface area contributed by atoms with Gasteiger partial charge < -0.3 is 9.80 Å². The molecule has 1 aromatic heterocycles. The summed E-state index contributed by atoms with van der Waals surface area (Å²) in [6.45, 7) is 9.37. The average molecular weight is 371 g/mol. The summed E-state index contributed by atoms with van der Waals surface area (Å²) in [5.41, 5.74) is 2.65. The van der Waals surface area contributed by atoms with Gasteiger partial charge in [-0.25, -0.2) is 9.97 Å². The van der Waals surface area contributed by atoms with E-state index in [1.807, 2.05) is 6.92 Å². The maximum Gasteiger partial charge on any atom is 0.222 e. The number of amides is 1. The Balaban J connectivity index is 1.58. The summed E-state index contributed by atoms with van der Waals surface area (Å²) >= 11 is 0. The van der Waals surface area contributed by atoms with E-state index in [1.54, 1.807) is 0 Å². The second-order valence-corrected chi connectivity index (χ2v) is 9.00.